The van der Waals surface area contributed by atoms with E-state index in [0.29, 0.717) is 17.4 Å². The zero-order valence-corrected chi connectivity index (χ0v) is 13.7. The van der Waals surface area contributed by atoms with E-state index in [1.54, 1.807) is 6.07 Å². The molecule has 2 unspecified atom stereocenters. The highest BCUT2D eigenvalue weighted by Crippen LogP contribution is 2.20. The van der Waals surface area contributed by atoms with Gasteiger partial charge in [-0.15, -0.1) is 0 Å². The first-order valence-corrected chi connectivity index (χ1v) is 7.70. The Bertz CT molecular complexity index is 466. The molecule has 3 N–H and O–H groups in total. The second-order valence-electron chi connectivity index (χ2n) is 5.64. The van der Waals surface area contributed by atoms with E-state index >= 15 is 0 Å². The summed E-state index contributed by atoms with van der Waals surface area (Å²) in [5.74, 6) is 0.362. The average Bonchev–Trinajstić information content (AvgIpc) is 2.41. The molecule has 0 aliphatic rings. The van der Waals surface area contributed by atoms with Gasteiger partial charge in [0.2, 0.25) is 5.91 Å². The van der Waals surface area contributed by atoms with Crippen LogP contribution in [0, 0.1) is 12.8 Å². The minimum atomic E-state index is -0.0373. The van der Waals surface area contributed by atoms with Gasteiger partial charge in [-0.05, 0) is 50.4 Å². The Hall–Kier alpha value is -1.10. The number of anilines is 1. The molecule has 1 aromatic carbocycles. The Labute approximate surface area is 131 Å². The quantitative estimate of drug-likeness (QED) is 0.691. The largest absolute Gasteiger partial charge is 0.396 e. The minimum Gasteiger partial charge on any atom is -0.396 e. The molecule has 0 heterocycles. The number of carbonyl (C=O) groups is 1. The fraction of sp³-hybridized carbons (Fsp3) is 0.562. The maximum absolute atomic E-state index is 12.0. The van der Waals surface area contributed by atoms with Gasteiger partial charge in [0.1, 0.15) is 0 Å². The molecule has 1 rings (SSSR count). The van der Waals surface area contributed by atoms with Crippen molar-refractivity contribution in [2.75, 3.05) is 18.5 Å². The number of hydrogen-bond acceptors (Lipinski definition) is 3. The summed E-state index contributed by atoms with van der Waals surface area (Å²) in [7, 11) is 0. The number of nitrogens with one attached hydrogen (secondary N) is 2. The molecule has 0 aliphatic carbocycles. The third-order valence-electron chi connectivity index (χ3n) is 3.38. The Balaban J connectivity index is 2.37. The van der Waals surface area contributed by atoms with Gasteiger partial charge in [-0.25, -0.2) is 0 Å². The molecule has 0 aromatic heterocycles. The molecule has 0 aliphatic heterocycles. The van der Waals surface area contributed by atoms with Crippen LogP contribution in [0.2, 0.25) is 5.02 Å². The molecule has 5 heteroatoms. The summed E-state index contributed by atoms with van der Waals surface area (Å²) in [5, 5.41) is 15.7. The van der Waals surface area contributed by atoms with Gasteiger partial charge in [-0.2, -0.15) is 0 Å². The highest BCUT2D eigenvalue weighted by molar-refractivity contribution is 6.31. The van der Waals surface area contributed by atoms with Crippen molar-refractivity contribution >= 4 is 23.2 Å². The van der Waals surface area contributed by atoms with Gasteiger partial charge < -0.3 is 15.7 Å². The number of aliphatic hydroxyl groups excluding tert-OH is 1. The molecular weight excluding hydrogens is 288 g/mol. The van der Waals surface area contributed by atoms with E-state index in [9.17, 15) is 4.79 Å². The Morgan fingerprint density at radius 1 is 1.38 bits per heavy atom. The monoisotopic (exact) mass is 312 g/mol. The predicted molar refractivity (Wildman–Crippen MR) is 87.8 cm³/mol. The van der Waals surface area contributed by atoms with E-state index in [4.69, 9.17) is 16.7 Å². The highest BCUT2D eigenvalue weighted by atomic mass is 35.5. The SMILES string of the molecule is Cc1ccc(NC(=O)CC(C)NCC(C)CCO)cc1Cl. The Morgan fingerprint density at radius 3 is 2.71 bits per heavy atom. The molecule has 0 radical (unpaired) electrons. The number of aliphatic hydroxyl groups is 1. The van der Waals surface area contributed by atoms with Crippen LogP contribution in [-0.2, 0) is 4.79 Å². The van der Waals surface area contributed by atoms with Crippen LogP contribution in [0.25, 0.3) is 0 Å². The van der Waals surface area contributed by atoms with Crippen LogP contribution in [0.15, 0.2) is 18.2 Å². The van der Waals surface area contributed by atoms with Gasteiger partial charge in [-0.3, -0.25) is 4.79 Å². The van der Waals surface area contributed by atoms with Gasteiger partial charge >= 0.3 is 0 Å². The maximum atomic E-state index is 12.0. The zero-order valence-electron chi connectivity index (χ0n) is 12.9. The lowest BCUT2D eigenvalue weighted by molar-refractivity contribution is -0.116. The molecule has 0 bridgehead atoms. The van der Waals surface area contributed by atoms with Gasteiger partial charge in [-0.1, -0.05) is 24.6 Å². The predicted octanol–water partition coefficient (Wildman–Crippen LogP) is 2.97. The average molecular weight is 313 g/mol. The van der Waals surface area contributed by atoms with Gasteiger partial charge in [0, 0.05) is 29.8 Å². The molecule has 118 valence electrons. The molecule has 2 atom stereocenters. The summed E-state index contributed by atoms with van der Waals surface area (Å²) in [6.07, 6.45) is 1.17. The van der Waals surface area contributed by atoms with Crippen LogP contribution in [0.3, 0.4) is 0 Å². The van der Waals surface area contributed by atoms with Crippen LogP contribution in [0.4, 0.5) is 5.69 Å². The molecule has 1 amide bonds. The number of hydrogen-bond donors (Lipinski definition) is 3. The van der Waals surface area contributed by atoms with Crippen molar-refractivity contribution in [2.24, 2.45) is 5.92 Å². The lowest BCUT2D eigenvalue weighted by atomic mass is 10.1. The smallest absolute Gasteiger partial charge is 0.225 e. The summed E-state index contributed by atoms with van der Waals surface area (Å²) in [4.78, 5) is 12.0. The van der Waals surface area contributed by atoms with Gasteiger partial charge in [0.15, 0.2) is 0 Å². The van der Waals surface area contributed by atoms with Crippen molar-refractivity contribution in [1.82, 2.24) is 5.32 Å². The van der Waals surface area contributed by atoms with Crippen LogP contribution < -0.4 is 10.6 Å². The van der Waals surface area contributed by atoms with E-state index in [-0.39, 0.29) is 18.6 Å². The second kappa shape index (κ2) is 9.03. The number of rotatable bonds is 8. The topological polar surface area (TPSA) is 61.4 Å². The number of carbonyl (C=O) groups excluding carboxylic acids is 1. The third kappa shape index (κ3) is 6.93. The van der Waals surface area contributed by atoms with E-state index in [1.807, 2.05) is 26.0 Å². The first-order chi connectivity index (χ1) is 9.92. The molecule has 0 fully saturated rings. The summed E-state index contributed by atoms with van der Waals surface area (Å²) in [5.41, 5.74) is 1.71. The normalized spacial score (nSPS) is 13.8. The van der Waals surface area contributed by atoms with Gasteiger partial charge in [0.25, 0.3) is 0 Å². The molecule has 1 aromatic rings. The summed E-state index contributed by atoms with van der Waals surface area (Å²) in [6.45, 7) is 6.97. The minimum absolute atomic E-state index is 0.0373. The summed E-state index contributed by atoms with van der Waals surface area (Å²) >= 11 is 6.03. The number of amides is 1. The summed E-state index contributed by atoms with van der Waals surface area (Å²) in [6, 6.07) is 5.58. The van der Waals surface area contributed by atoms with E-state index in [2.05, 4.69) is 17.6 Å². The van der Waals surface area contributed by atoms with Crippen LogP contribution in [-0.4, -0.2) is 30.2 Å². The molecule has 21 heavy (non-hydrogen) atoms. The van der Waals surface area contributed by atoms with Crippen molar-refractivity contribution in [3.8, 4) is 0 Å². The van der Waals surface area contributed by atoms with Crippen LogP contribution >= 0.6 is 11.6 Å². The van der Waals surface area contributed by atoms with E-state index in [1.165, 1.54) is 0 Å². The lowest BCUT2D eigenvalue weighted by Crippen LogP contribution is -2.33. The molecule has 4 nitrogen and oxygen atoms in total. The molecule has 0 saturated carbocycles. The van der Waals surface area contributed by atoms with Crippen molar-refractivity contribution in [3.05, 3.63) is 28.8 Å². The number of benzene rings is 1. The number of aryl methyl sites for hydroxylation is 1. The van der Waals surface area contributed by atoms with E-state index < -0.39 is 0 Å². The van der Waals surface area contributed by atoms with Crippen molar-refractivity contribution in [2.45, 2.75) is 39.7 Å². The maximum Gasteiger partial charge on any atom is 0.225 e. The Morgan fingerprint density at radius 2 is 2.10 bits per heavy atom. The molecule has 0 spiro atoms. The van der Waals surface area contributed by atoms with Crippen molar-refractivity contribution < 1.29 is 9.90 Å². The first kappa shape index (κ1) is 18.0. The molecular formula is C16H25ClN2O2. The highest BCUT2D eigenvalue weighted by Gasteiger charge is 2.11. The van der Waals surface area contributed by atoms with Crippen LogP contribution in [0.5, 0.6) is 0 Å². The van der Waals surface area contributed by atoms with Crippen LogP contribution in [0.1, 0.15) is 32.3 Å². The standard InChI is InChI=1S/C16H25ClN2O2/c1-11(6-7-20)10-18-13(3)8-16(21)19-14-5-4-12(2)15(17)9-14/h4-5,9,11,13,18,20H,6-8,10H2,1-3H3,(H,19,21). The third-order valence-corrected chi connectivity index (χ3v) is 3.79. The van der Waals surface area contributed by atoms with Crippen molar-refractivity contribution in [1.29, 1.82) is 0 Å². The fourth-order valence-corrected chi connectivity index (χ4v) is 2.14. The van der Waals surface area contributed by atoms with Crippen molar-refractivity contribution in [3.63, 3.8) is 0 Å². The lowest BCUT2D eigenvalue weighted by Gasteiger charge is -2.17. The second-order valence-corrected chi connectivity index (χ2v) is 6.05. The summed E-state index contributed by atoms with van der Waals surface area (Å²) < 4.78 is 0. The number of halogens is 1. The zero-order chi connectivity index (χ0) is 15.8. The first-order valence-electron chi connectivity index (χ1n) is 7.32. The fourth-order valence-electron chi connectivity index (χ4n) is 1.96. The Kier molecular flexibility index (Phi) is 7.72. The molecule has 0 saturated heterocycles. The van der Waals surface area contributed by atoms with Gasteiger partial charge in [0.05, 0.1) is 0 Å². The van der Waals surface area contributed by atoms with E-state index in [0.717, 1.165) is 24.2 Å².